The molecule has 1 aromatic carbocycles. The van der Waals surface area contributed by atoms with Gasteiger partial charge in [0.2, 0.25) is 0 Å². The molecule has 1 aliphatic heterocycles. The topological polar surface area (TPSA) is 84.7 Å². The van der Waals surface area contributed by atoms with Gasteiger partial charge in [0.1, 0.15) is 0 Å². The van der Waals surface area contributed by atoms with Crippen molar-refractivity contribution in [2.24, 2.45) is 5.92 Å². The minimum Gasteiger partial charge on any atom is -0.490 e. The van der Waals surface area contributed by atoms with Gasteiger partial charge in [-0.1, -0.05) is 6.42 Å². The Balaban J connectivity index is 1.75. The number of benzene rings is 1. The Hall–Kier alpha value is -2.31. The van der Waals surface area contributed by atoms with Crippen LogP contribution >= 0.6 is 0 Å². The molecule has 2 fully saturated rings. The van der Waals surface area contributed by atoms with E-state index in [2.05, 4.69) is 5.32 Å². The lowest BCUT2D eigenvalue weighted by Crippen LogP contribution is -2.48. The van der Waals surface area contributed by atoms with Gasteiger partial charge in [0.05, 0.1) is 12.0 Å². The SMILES string of the molecule is COc1ccc(NC(=O)N2CCC[C@H]3CCC[C@@H]32)cc1[N+](=O)[O-]. The van der Waals surface area contributed by atoms with E-state index in [0.29, 0.717) is 17.6 Å². The maximum atomic E-state index is 12.6. The molecule has 23 heavy (non-hydrogen) atoms. The second-order valence-corrected chi connectivity index (χ2v) is 6.17. The minimum absolute atomic E-state index is 0.150. The number of nitro benzene ring substituents is 1. The number of nitrogens with one attached hydrogen (secondary N) is 1. The number of urea groups is 1. The normalized spacial score (nSPS) is 23.3. The fraction of sp³-hybridized carbons (Fsp3) is 0.562. The van der Waals surface area contributed by atoms with Crippen molar-refractivity contribution in [3.63, 3.8) is 0 Å². The zero-order valence-corrected chi connectivity index (χ0v) is 13.2. The summed E-state index contributed by atoms with van der Waals surface area (Å²) in [6.07, 6.45) is 5.65. The van der Waals surface area contributed by atoms with E-state index in [1.807, 2.05) is 4.90 Å². The molecule has 7 heteroatoms. The first kappa shape index (κ1) is 15.6. The Morgan fingerprint density at radius 2 is 2.13 bits per heavy atom. The van der Waals surface area contributed by atoms with Crippen LogP contribution in [0.15, 0.2) is 18.2 Å². The summed E-state index contributed by atoms with van der Waals surface area (Å²) in [5.74, 6) is 0.793. The number of hydrogen-bond acceptors (Lipinski definition) is 4. The number of anilines is 1. The fourth-order valence-electron chi connectivity index (χ4n) is 3.81. The molecule has 0 spiro atoms. The molecule has 124 valence electrons. The highest BCUT2D eigenvalue weighted by molar-refractivity contribution is 5.90. The predicted octanol–water partition coefficient (Wildman–Crippen LogP) is 3.40. The Kier molecular flexibility index (Phi) is 4.36. The van der Waals surface area contributed by atoms with Crippen molar-refractivity contribution in [2.75, 3.05) is 19.0 Å². The van der Waals surface area contributed by atoms with E-state index in [4.69, 9.17) is 4.74 Å². The molecule has 3 rings (SSSR count). The summed E-state index contributed by atoms with van der Waals surface area (Å²) < 4.78 is 4.97. The van der Waals surface area contributed by atoms with Crippen LogP contribution in [0, 0.1) is 16.0 Å². The van der Waals surface area contributed by atoms with Crippen molar-refractivity contribution in [2.45, 2.75) is 38.1 Å². The number of piperidine rings is 1. The third kappa shape index (κ3) is 3.09. The Labute approximate surface area is 134 Å². The first-order chi connectivity index (χ1) is 11.1. The van der Waals surface area contributed by atoms with Gasteiger partial charge < -0.3 is 15.0 Å². The molecule has 0 aromatic heterocycles. The van der Waals surface area contributed by atoms with Crippen LogP contribution in [0.3, 0.4) is 0 Å². The lowest BCUT2D eigenvalue weighted by molar-refractivity contribution is -0.385. The highest BCUT2D eigenvalue weighted by Crippen LogP contribution is 2.37. The van der Waals surface area contributed by atoms with Crippen LogP contribution in [0.2, 0.25) is 0 Å². The number of carbonyl (C=O) groups is 1. The van der Waals surface area contributed by atoms with Crippen LogP contribution < -0.4 is 10.1 Å². The zero-order chi connectivity index (χ0) is 16.4. The first-order valence-corrected chi connectivity index (χ1v) is 8.00. The van der Waals surface area contributed by atoms with Gasteiger partial charge in [-0.25, -0.2) is 4.79 Å². The summed E-state index contributed by atoms with van der Waals surface area (Å²) in [7, 11) is 1.38. The summed E-state index contributed by atoms with van der Waals surface area (Å²) in [6, 6.07) is 4.62. The Bertz CT molecular complexity index is 619. The molecule has 1 heterocycles. The van der Waals surface area contributed by atoms with Crippen molar-refractivity contribution < 1.29 is 14.5 Å². The third-order valence-electron chi connectivity index (χ3n) is 4.88. The summed E-state index contributed by atoms with van der Waals surface area (Å²) in [4.78, 5) is 25.0. The van der Waals surface area contributed by atoms with Gasteiger partial charge in [-0.05, 0) is 43.7 Å². The molecular formula is C16H21N3O4. The van der Waals surface area contributed by atoms with Crippen molar-refractivity contribution in [3.05, 3.63) is 28.3 Å². The largest absolute Gasteiger partial charge is 0.490 e. The number of nitro groups is 1. The quantitative estimate of drug-likeness (QED) is 0.683. The number of likely N-dealkylation sites (tertiary alicyclic amines) is 1. The predicted molar refractivity (Wildman–Crippen MR) is 85.7 cm³/mol. The van der Waals surface area contributed by atoms with Crippen molar-refractivity contribution in [1.29, 1.82) is 0 Å². The molecule has 2 aliphatic rings. The molecule has 7 nitrogen and oxygen atoms in total. The zero-order valence-electron chi connectivity index (χ0n) is 13.2. The van der Waals surface area contributed by atoms with Gasteiger partial charge in [0.25, 0.3) is 0 Å². The fourth-order valence-corrected chi connectivity index (χ4v) is 3.81. The molecule has 0 radical (unpaired) electrons. The number of carbonyl (C=O) groups excluding carboxylic acids is 1. The van der Waals surface area contributed by atoms with Crippen LogP contribution in [0.1, 0.15) is 32.1 Å². The first-order valence-electron chi connectivity index (χ1n) is 8.00. The second-order valence-electron chi connectivity index (χ2n) is 6.17. The van der Waals surface area contributed by atoms with Gasteiger partial charge in [-0.3, -0.25) is 10.1 Å². The molecule has 0 bridgehead atoms. The summed E-state index contributed by atoms with van der Waals surface area (Å²) in [6.45, 7) is 0.755. The second kappa shape index (κ2) is 6.44. The van der Waals surface area contributed by atoms with E-state index in [-0.39, 0.29) is 17.5 Å². The molecule has 0 unspecified atom stereocenters. The highest BCUT2D eigenvalue weighted by atomic mass is 16.6. The molecule has 2 amide bonds. The molecule has 1 saturated carbocycles. The summed E-state index contributed by atoms with van der Waals surface area (Å²) in [5, 5.41) is 13.9. The van der Waals surface area contributed by atoms with Gasteiger partial charge in [-0.15, -0.1) is 0 Å². The van der Waals surface area contributed by atoms with Crippen LogP contribution in [0.25, 0.3) is 0 Å². The summed E-state index contributed by atoms with van der Waals surface area (Å²) in [5.41, 5.74) is 0.269. The van der Waals surface area contributed by atoms with Crippen LogP contribution in [-0.2, 0) is 0 Å². The number of rotatable bonds is 3. The van der Waals surface area contributed by atoms with Gasteiger partial charge in [-0.2, -0.15) is 0 Å². The Morgan fingerprint density at radius 1 is 1.35 bits per heavy atom. The molecule has 1 aromatic rings. The molecule has 1 aliphatic carbocycles. The van der Waals surface area contributed by atoms with Crippen molar-refractivity contribution in [1.82, 2.24) is 4.90 Å². The van der Waals surface area contributed by atoms with Gasteiger partial charge >= 0.3 is 11.7 Å². The number of nitrogens with zero attached hydrogens (tertiary/aromatic N) is 2. The minimum atomic E-state index is -0.512. The number of hydrogen-bond donors (Lipinski definition) is 1. The average Bonchev–Trinajstić information content (AvgIpc) is 3.03. The van der Waals surface area contributed by atoms with E-state index >= 15 is 0 Å². The van der Waals surface area contributed by atoms with Gasteiger partial charge in [0.15, 0.2) is 5.75 Å². The monoisotopic (exact) mass is 319 g/mol. The summed E-state index contributed by atoms with van der Waals surface area (Å²) >= 11 is 0. The van der Waals surface area contributed by atoms with Crippen molar-refractivity contribution >= 4 is 17.4 Å². The maximum absolute atomic E-state index is 12.6. The van der Waals surface area contributed by atoms with E-state index in [0.717, 1.165) is 19.4 Å². The molecule has 2 atom stereocenters. The van der Waals surface area contributed by atoms with E-state index < -0.39 is 4.92 Å². The smallest absolute Gasteiger partial charge is 0.322 e. The van der Waals surface area contributed by atoms with Crippen LogP contribution in [0.5, 0.6) is 5.75 Å². The Morgan fingerprint density at radius 3 is 2.87 bits per heavy atom. The maximum Gasteiger partial charge on any atom is 0.322 e. The number of fused-ring (bicyclic) bond motifs is 1. The van der Waals surface area contributed by atoms with E-state index in [1.54, 1.807) is 6.07 Å². The number of methoxy groups -OCH3 is 1. The average molecular weight is 319 g/mol. The highest BCUT2D eigenvalue weighted by Gasteiger charge is 2.37. The van der Waals surface area contributed by atoms with Crippen LogP contribution in [0.4, 0.5) is 16.2 Å². The lowest BCUT2D eigenvalue weighted by atomic mass is 9.92. The van der Waals surface area contributed by atoms with E-state index in [9.17, 15) is 14.9 Å². The molecular weight excluding hydrogens is 298 g/mol. The lowest BCUT2D eigenvalue weighted by Gasteiger charge is -2.37. The number of amides is 2. The number of ether oxygens (including phenoxy) is 1. The van der Waals surface area contributed by atoms with Crippen LogP contribution in [-0.4, -0.2) is 35.6 Å². The van der Waals surface area contributed by atoms with Crippen molar-refractivity contribution in [3.8, 4) is 5.75 Å². The molecule has 1 N–H and O–H groups in total. The molecule has 1 saturated heterocycles. The van der Waals surface area contributed by atoms with Gasteiger partial charge in [0, 0.05) is 24.3 Å². The van der Waals surface area contributed by atoms with E-state index in [1.165, 1.54) is 38.5 Å². The standard InChI is InChI=1S/C16H21N3O4/c1-23-15-8-7-12(10-14(15)19(21)22)17-16(20)18-9-3-5-11-4-2-6-13(11)18/h7-8,10-11,13H,2-6,9H2,1H3,(H,17,20)/t11-,13+/m1/s1. The third-order valence-corrected chi connectivity index (χ3v) is 4.88.